The van der Waals surface area contributed by atoms with E-state index in [0.717, 1.165) is 17.9 Å². The Morgan fingerprint density at radius 3 is 2.35 bits per heavy atom. The van der Waals surface area contributed by atoms with Crippen molar-refractivity contribution in [1.29, 1.82) is 0 Å². The van der Waals surface area contributed by atoms with E-state index in [1.807, 2.05) is 38.1 Å². The van der Waals surface area contributed by atoms with Gasteiger partial charge in [-0.2, -0.15) is 0 Å². The molecule has 0 amide bonds. The van der Waals surface area contributed by atoms with Gasteiger partial charge in [-0.05, 0) is 56.1 Å². The van der Waals surface area contributed by atoms with Crippen molar-refractivity contribution in [2.75, 3.05) is 13.2 Å². The summed E-state index contributed by atoms with van der Waals surface area (Å²) in [5.41, 5.74) is 1.67. The number of carbonyl (C=O) groups excluding carboxylic acids is 1. The summed E-state index contributed by atoms with van der Waals surface area (Å²) in [4.78, 5) is 12.2. The predicted octanol–water partition coefficient (Wildman–Crippen LogP) is 3.46. The number of benzene rings is 1. The largest absolute Gasteiger partial charge is 0.489 e. The minimum atomic E-state index is -0.167. The van der Waals surface area contributed by atoms with E-state index in [1.165, 1.54) is 0 Å². The van der Waals surface area contributed by atoms with Crippen LogP contribution in [-0.2, 0) is 0 Å². The van der Waals surface area contributed by atoms with Gasteiger partial charge in [0.15, 0.2) is 5.78 Å². The topological polar surface area (TPSA) is 38.3 Å². The number of hydrogen-bond acceptors (Lipinski definition) is 3. The standard InChI is InChI=1S/C17H25NO2/c1-12(2)10-18-14(5)17(19)15-6-8-16(9-7-15)20-11-13(3)4/h6-9,12,14,18H,3,10-11H2,1-2,4-5H3. The summed E-state index contributed by atoms with van der Waals surface area (Å²) >= 11 is 0. The van der Waals surface area contributed by atoms with Gasteiger partial charge >= 0.3 is 0 Å². The molecule has 3 nitrogen and oxygen atoms in total. The Morgan fingerprint density at radius 1 is 1.25 bits per heavy atom. The van der Waals surface area contributed by atoms with Crippen molar-refractivity contribution < 1.29 is 9.53 Å². The molecular formula is C17H25NO2. The molecule has 0 spiro atoms. The zero-order chi connectivity index (χ0) is 15.1. The van der Waals surface area contributed by atoms with E-state index < -0.39 is 0 Å². The van der Waals surface area contributed by atoms with E-state index in [9.17, 15) is 4.79 Å². The van der Waals surface area contributed by atoms with Crippen LogP contribution in [0.2, 0.25) is 0 Å². The summed E-state index contributed by atoms with van der Waals surface area (Å²) in [7, 11) is 0. The van der Waals surface area contributed by atoms with Gasteiger partial charge in [0.2, 0.25) is 0 Å². The molecule has 0 aliphatic heterocycles. The van der Waals surface area contributed by atoms with Crippen molar-refractivity contribution in [3.8, 4) is 5.75 Å². The van der Waals surface area contributed by atoms with Crippen molar-refractivity contribution in [1.82, 2.24) is 5.32 Å². The molecule has 1 aromatic carbocycles. The van der Waals surface area contributed by atoms with Crippen LogP contribution in [0.15, 0.2) is 36.4 Å². The van der Waals surface area contributed by atoms with Crippen molar-refractivity contribution in [2.45, 2.75) is 33.7 Å². The van der Waals surface area contributed by atoms with Gasteiger partial charge in [0.05, 0.1) is 6.04 Å². The lowest BCUT2D eigenvalue weighted by Gasteiger charge is -2.14. The molecule has 1 aromatic rings. The Labute approximate surface area is 122 Å². The molecule has 110 valence electrons. The maximum atomic E-state index is 12.2. The molecule has 0 saturated carbocycles. The van der Waals surface area contributed by atoms with Crippen molar-refractivity contribution in [2.24, 2.45) is 5.92 Å². The van der Waals surface area contributed by atoms with Crippen molar-refractivity contribution >= 4 is 5.78 Å². The fraction of sp³-hybridized carbons (Fsp3) is 0.471. The second kappa shape index (κ2) is 7.85. The molecule has 0 aliphatic rings. The first-order valence-corrected chi connectivity index (χ1v) is 7.05. The summed E-state index contributed by atoms with van der Waals surface area (Å²) in [6, 6.07) is 7.10. The van der Waals surface area contributed by atoms with Gasteiger partial charge in [-0.15, -0.1) is 0 Å². The molecule has 0 fully saturated rings. The van der Waals surface area contributed by atoms with Crippen LogP contribution in [0.1, 0.15) is 38.1 Å². The van der Waals surface area contributed by atoms with Gasteiger partial charge in [-0.25, -0.2) is 0 Å². The van der Waals surface area contributed by atoms with Gasteiger partial charge in [-0.1, -0.05) is 20.4 Å². The highest BCUT2D eigenvalue weighted by Gasteiger charge is 2.14. The van der Waals surface area contributed by atoms with Crippen molar-refractivity contribution in [3.63, 3.8) is 0 Å². The molecule has 0 aliphatic carbocycles. The third kappa shape index (κ3) is 5.57. The van der Waals surface area contributed by atoms with Crippen LogP contribution < -0.4 is 10.1 Å². The van der Waals surface area contributed by atoms with Crippen LogP contribution in [0.5, 0.6) is 5.75 Å². The van der Waals surface area contributed by atoms with Gasteiger partial charge in [0.25, 0.3) is 0 Å². The first-order chi connectivity index (χ1) is 9.40. The molecule has 0 bridgehead atoms. The van der Waals surface area contributed by atoms with E-state index in [-0.39, 0.29) is 11.8 Å². The number of rotatable bonds is 8. The van der Waals surface area contributed by atoms with E-state index in [0.29, 0.717) is 18.1 Å². The molecular weight excluding hydrogens is 250 g/mol. The van der Waals surface area contributed by atoms with Crippen LogP contribution in [0.4, 0.5) is 0 Å². The number of nitrogens with one attached hydrogen (secondary N) is 1. The molecule has 1 rings (SSSR count). The zero-order valence-corrected chi connectivity index (χ0v) is 12.9. The van der Waals surface area contributed by atoms with Crippen LogP contribution in [0.3, 0.4) is 0 Å². The van der Waals surface area contributed by atoms with Gasteiger partial charge in [-0.3, -0.25) is 4.79 Å². The second-order valence-electron chi connectivity index (χ2n) is 5.66. The normalized spacial score (nSPS) is 12.2. The minimum Gasteiger partial charge on any atom is -0.489 e. The molecule has 0 heterocycles. The SMILES string of the molecule is C=C(C)COc1ccc(C(=O)C(C)NCC(C)C)cc1. The maximum absolute atomic E-state index is 12.2. The van der Waals surface area contributed by atoms with E-state index in [1.54, 1.807) is 0 Å². The fourth-order valence-corrected chi connectivity index (χ4v) is 1.68. The lowest BCUT2D eigenvalue weighted by Crippen LogP contribution is -2.36. The molecule has 0 radical (unpaired) electrons. The van der Waals surface area contributed by atoms with Gasteiger partial charge < -0.3 is 10.1 Å². The molecule has 1 N–H and O–H groups in total. The Kier molecular flexibility index (Phi) is 6.46. The summed E-state index contributed by atoms with van der Waals surface area (Å²) in [5, 5.41) is 3.24. The van der Waals surface area contributed by atoms with E-state index >= 15 is 0 Å². The molecule has 20 heavy (non-hydrogen) atoms. The third-order valence-corrected chi connectivity index (χ3v) is 2.85. The smallest absolute Gasteiger partial charge is 0.179 e. The number of carbonyl (C=O) groups is 1. The maximum Gasteiger partial charge on any atom is 0.179 e. The highest BCUT2D eigenvalue weighted by Crippen LogP contribution is 2.14. The molecule has 0 saturated heterocycles. The van der Waals surface area contributed by atoms with E-state index in [2.05, 4.69) is 25.7 Å². The molecule has 3 heteroatoms. The van der Waals surface area contributed by atoms with Crippen LogP contribution in [0.25, 0.3) is 0 Å². The number of ketones is 1. The quantitative estimate of drug-likeness (QED) is 0.583. The molecule has 1 atom stereocenters. The summed E-state index contributed by atoms with van der Waals surface area (Å²) in [6.45, 7) is 13.2. The Hall–Kier alpha value is -1.61. The lowest BCUT2D eigenvalue weighted by atomic mass is 10.0. The van der Waals surface area contributed by atoms with Crippen molar-refractivity contribution in [3.05, 3.63) is 42.0 Å². The fourth-order valence-electron chi connectivity index (χ4n) is 1.68. The predicted molar refractivity (Wildman–Crippen MR) is 83.4 cm³/mol. The van der Waals surface area contributed by atoms with Crippen LogP contribution in [-0.4, -0.2) is 25.0 Å². The van der Waals surface area contributed by atoms with Crippen LogP contribution in [0, 0.1) is 5.92 Å². The van der Waals surface area contributed by atoms with E-state index in [4.69, 9.17) is 4.74 Å². The first-order valence-electron chi connectivity index (χ1n) is 7.05. The highest BCUT2D eigenvalue weighted by molar-refractivity contribution is 5.99. The second-order valence-corrected chi connectivity index (χ2v) is 5.66. The average molecular weight is 275 g/mol. The lowest BCUT2D eigenvalue weighted by molar-refractivity contribution is 0.0949. The number of ether oxygens (including phenoxy) is 1. The monoisotopic (exact) mass is 275 g/mol. The molecule has 0 aromatic heterocycles. The first kappa shape index (κ1) is 16.4. The van der Waals surface area contributed by atoms with Crippen LogP contribution >= 0.6 is 0 Å². The summed E-state index contributed by atoms with van der Waals surface area (Å²) in [5.74, 6) is 1.40. The Morgan fingerprint density at radius 2 is 1.85 bits per heavy atom. The minimum absolute atomic E-state index is 0.108. The third-order valence-electron chi connectivity index (χ3n) is 2.85. The summed E-state index contributed by atoms with van der Waals surface area (Å²) in [6.07, 6.45) is 0. The van der Waals surface area contributed by atoms with Gasteiger partial charge in [0.1, 0.15) is 12.4 Å². The zero-order valence-electron chi connectivity index (χ0n) is 12.9. The molecule has 1 unspecified atom stereocenters. The number of hydrogen-bond donors (Lipinski definition) is 1. The Balaban J connectivity index is 2.58. The highest BCUT2D eigenvalue weighted by atomic mass is 16.5. The van der Waals surface area contributed by atoms with Gasteiger partial charge in [0, 0.05) is 5.56 Å². The average Bonchev–Trinajstić information content (AvgIpc) is 2.42. The summed E-state index contributed by atoms with van der Waals surface area (Å²) < 4.78 is 5.52. The Bertz CT molecular complexity index is 449. The number of Topliss-reactive ketones (excluding diaryl/α,β-unsaturated/α-hetero) is 1.